The van der Waals surface area contributed by atoms with Crippen LogP contribution in [0.5, 0.6) is 0 Å². The van der Waals surface area contributed by atoms with Crippen molar-refractivity contribution in [1.82, 2.24) is 0 Å². The van der Waals surface area contributed by atoms with Crippen LogP contribution in [0.2, 0.25) is 0 Å². The number of anilines is 5. The first kappa shape index (κ1) is 23.1. The van der Waals surface area contributed by atoms with Gasteiger partial charge in [0.1, 0.15) is 0 Å². The summed E-state index contributed by atoms with van der Waals surface area (Å²) in [7, 11) is 0. The Hall–Kier alpha value is -4.63. The fourth-order valence-corrected chi connectivity index (χ4v) is 4.24. The number of nitrogens with zero attached hydrogens (tertiary/aromatic N) is 3. The lowest BCUT2D eigenvalue weighted by Crippen LogP contribution is -2.10. The number of para-hydroxylation sites is 2. The van der Waals surface area contributed by atoms with Gasteiger partial charge in [-0.2, -0.15) is 5.10 Å². The topological polar surface area (TPSA) is 18.8 Å². The normalized spacial score (nSPS) is 10.9. The number of benzene rings is 5. The molecule has 0 N–H and O–H groups in total. The minimum absolute atomic E-state index is 1.02. The average molecular weight is 468 g/mol. The summed E-state index contributed by atoms with van der Waals surface area (Å²) in [6.07, 6.45) is 1.91. The highest BCUT2D eigenvalue weighted by atomic mass is 15.5. The van der Waals surface area contributed by atoms with Gasteiger partial charge in [0.05, 0.1) is 17.6 Å². The average Bonchev–Trinajstić information content (AvgIpc) is 2.91. The molecule has 3 heteroatoms. The highest BCUT2D eigenvalue weighted by Crippen LogP contribution is 2.35. The number of rotatable bonds is 7. The fourth-order valence-electron chi connectivity index (χ4n) is 4.24. The summed E-state index contributed by atoms with van der Waals surface area (Å²) < 4.78 is 0. The molecule has 0 saturated carbocycles. The predicted octanol–water partition coefficient (Wildman–Crippen LogP) is 8.95. The highest BCUT2D eigenvalue weighted by Gasteiger charge is 2.13. The molecule has 0 heterocycles. The molecule has 5 rings (SSSR count). The van der Waals surface area contributed by atoms with Crippen LogP contribution in [0.1, 0.15) is 16.7 Å². The number of hydrogen-bond acceptors (Lipinski definition) is 3. The maximum absolute atomic E-state index is 4.84. The van der Waals surface area contributed by atoms with E-state index in [1.165, 1.54) is 11.1 Å². The molecule has 0 aliphatic heterocycles. The van der Waals surface area contributed by atoms with E-state index < -0.39 is 0 Å². The minimum atomic E-state index is 1.02. The van der Waals surface area contributed by atoms with Crippen LogP contribution < -0.4 is 9.91 Å². The monoisotopic (exact) mass is 467 g/mol. The second-order valence-corrected chi connectivity index (χ2v) is 8.83. The Bertz CT molecular complexity index is 1360. The maximum atomic E-state index is 4.84. The Balaban J connectivity index is 1.47. The summed E-state index contributed by atoms with van der Waals surface area (Å²) in [6.45, 7) is 4.26. The van der Waals surface area contributed by atoms with Crippen LogP contribution in [0.25, 0.3) is 0 Å². The first-order chi connectivity index (χ1) is 17.7. The van der Waals surface area contributed by atoms with Gasteiger partial charge >= 0.3 is 0 Å². The lowest BCUT2D eigenvalue weighted by Gasteiger charge is -2.26. The van der Waals surface area contributed by atoms with Gasteiger partial charge in [-0.25, -0.2) is 5.01 Å². The zero-order valence-corrected chi connectivity index (χ0v) is 20.6. The van der Waals surface area contributed by atoms with E-state index in [2.05, 4.69) is 116 Å². The smallest absolute Gasteiger partial charge is 0.0652 e. The Morgan fingerprint density at radius 3 is 1.42 bits per heavy atom. The van der Waals surface area contributed by atoms with Gasteiger partial charge in [0.15, 0.2) is 0 Å². The maximum Gasteiger partial charge on any atom is 0.0652 e. The molecule has 0 aliphatic rings. The molecule has 0 bridgehead atoms. The van der Waals surface area contributed by atoms with Crippen LogP contribution in [0.15, 0.2) is 139 Å². The first-order valence-electron chi connectivity index (χ1n) is 12.2. The summed E-state index contributed by atoms with van der Waals surface area (Å²) in [5, 5.41) is 6.80. The van der Waals surface area contributed by atoms with Gasteiger partial charge < -0.3 is 4.90 Å². The van der Waals surface area contributed by atoms with E-state index in [0.717, 1.165) is 34.0 Å². The molecule has 36 heavy (non-hydrogen) atoms. The highest BCUT2D eigenvalue weighted by molar-refractivity contribution is 5.84. The van der Waals surface area contributed by atoms with Crippen molar-refractivity contribution in [1.29, 1.82) is 0 Å². The van der Waals surface area contributed by atoms with E-state index in [9.17, 15) is 0 Å². The van der Waals surface area contributed by atoms with Crippen molar-refractivity contribution >= 4 is 34.7 Å². The van der Waals surface area contributed by atoms with E-state index in [-0.39, 0.29) is 0 Å². The summed E-state index contributed by atoms with van der Waals surface area (Å²) in [4.78, 5) is 2.29. The van der Waals surface area contributed by atoms with Gasteiger partial charge in [0.2, 0.25) is 0 Å². The standard InChI is InChI=1S/C33H29N3/c1-26-11-9-17-32(23-26)35(33-18-10-12-27(2)24-33)29-21-19-28(20-22-29)25-34-36(30-13-5-3-6-14-30)31-15-7-4-8-16-31/h3-25H,1-2H3/b34-25+. The third-order valence-corrected chi connectivity index (χ3v) is 5.99. The summed E-state index contributed by atoms with van der Waals surface area (Å²) >= 11 is 0. The third-order valence-electron chi connectivity index (χ3n) is 5.99. The Morgan fingerprint density at radius 2 is 0.944 bits per heavy atom. The number of hydrogen-bond donors (Lipinski definition) is 0. The molecule has 0 radical (unpaired) electrons. The Labute approximate surface area is 213 Å². The van der Waals surface area contributed by atoms with Gasteiger partial charge in [-0.15, -0.1) is 0 Å². The van der Waals surface area contributed by atoms with Crippen molar-refractivity contribution in [2.75, 3.05) is 9.91 Å². The Kier molecular flexibility index (Phi) is 6.90. The van der Waals surface area contributed by atoms with Crippen molar-refractivity contribution in [2.45, 2.75) is 13.8 Å². The van der Waals surface area contributed by atoms with Crippen molar-refractivity contribution in [2.24, 2.45) is 5.10 Å². The quantitative estimate of drug-likeness (QED) is 0.176. The largest absolute Gasteiger partial charge is 0.310 e. The lowest BCUT2D eigenvalue weighted by molar-refractivity contribution is 1.09. The molecular formula is C33H29N3. The zero-order chi connectivity index (χ0) is 24.7. The number of hydrazone groups is 1. The van der Waals surface area contributed by atoms with Crippen LogP contribution >= 0.6 is 0 Å². The molecule has 3 nitrogen and oxygen atoms in total. The van der Waals surface area contributed by atoms with Crippen molar-refractivity contribution in [3.05, 3.63) is 150 Å². The molecule has 0 saturated heterocycles. The van der Waals surface area contributed by atoms with Crippen molar-refractivity contribution in [3.8, 4) is 0 Å². The van der Waals surface area contributed by atoms with E-state index >= 15 is 0 Å². The van der Waals surface area contributed by atoms with Crippen LogP contribution in [-0.4, -0.2) is 6.21 Å². The van der Waals surface area contributed by atoms with Gasteiger partial charge in [-0.3, -0.25) is 0 Å². The molecule has 0 fully saturated rings. The van der Waals surface area contributed by atoms with Crippen LogP contribution in [0.3, 0.4) is 0 Å². The van der Waals surface area contributed by atoms with Gasteiger partial charge in [0.25, 0.3) is 0 Å². The molecule has 5 aromatic carbocycles. The van der Waals surface area contributed by atoms with Crippen LogP contribution in [0, 0.1) is 13.8 Å². The molecule has 0 unspecified atom stereocenters. The summed E-state index contributed by atoms with van der Waals surface area (Å²) in [5.74, 6) is 0. The molecule has 0 aliphatic carbocycles. The second kappa shape index (κ2) is 10.7. The van der Waals surface area contributed by atoms with E-state index in [4.69, 9.17) is 5.10 Å². The van der Waals surface area contributed by atoms with Gasteiger partial charge in [-0.05, 0) is 91.2 Å². The van der Waals surface area contributed by atoms with Crippen molar-refractivity contribution < 1.29 is 0 Å². The predicted molar refractivity (Wildman–Crippen MR) is 153 cm³/mol. The second-order valence-electron chi connectivity index (χ2n) is 8.83. The van der Waals surface area contributed by atoms with Crippen LogP contribution in [0.4, 0.5) is 28.4 Å². The molecule has 5 aromatic rings. The molecule has 0 aromatic heterocycles. The van der Waals surface area contributed by atoms with Crippen LogP contribution in [-0.2, 0) is 0 Å². The summed E-state index contributed by atoms with van der Waals surface area (Å²) in [6, 6.07) is 46.2. The SMILES string of the molecule is Cc1cccc(N(c2ccc(/C=N/N(c3ccccc3)c3ccccc3)cc2)c2cccc(C)c2)c1. The molecule has 0 atom stereocenters. The molecular weight excluding hydrogens is 438 g/mol. The van der Waals surface area contributed by atoms with Gasteiger partial charge in [0, 0.05) is 17.1 Å². The zero-order valence-electron chi connectivity index (χ0n) is 20.6. The van der Waals surface area contributed by atoms with E-state index in [1.54, 1.807) is 0 Å². The molecule has 176 valence electrons. The number of aryl methyl sites for hydroxylation is 2. The van der Waals surface area contributed by atoms with Crippen molar-refractivity contribution in [3.63, 3.8) is 0 Å². The summed E-state index contributed by atoms with van der Waals surface area (Å²) in [5.41, 5.74) is 8.91. The molecule has 0 amide bonds. The lowest BCUT2D eigenvalue weighted by atomic mass is 10.1. The van der Waals surface area contributed by atoms with E-state index in [1.807, 2.05) is 47.6 Å². The van der Waals surface area contributed by atoms with E-state index in [0.29, 0.717) is 0 Å². The third kappa shape index (κ3) is 5.37. The molecule has 0 spiro atoms. The first-order valence-corrected chi connectivity index (χ1v) is 12.2. The minimum Gasteiger partial charge on any atom is -0.310 e. The van der Waals surface area contributed by atoms with Gasteiger partial charge in [-0.1, -0.05) is 72.8 Å². The fraction of sp³-hybridized carbons (Fsp3) is 0.0606. The Morgan fingerprint density at radius 1 is 0.472 bits per heavy atom.